The van der Waals surface area contributed by atoms with E-state index < -0.39 is 10.5 Å². The van der Waals surface area contributed by atoms with E-state index in [0.29, 0.717) is 25.9 Å². The van der Waals surface area contributed by atoms with Crippen LogP contribution in [0.5, 0.6) is 5.75 Å². The summed E-state index contributed by atoms with van der Waals surface area (Å²) in [7, 11) is -5.17. The zero-order valence-electron chi connectivity index (χ0n) is 13.5. The van der Waals surface area contributed by atoms with Crippen LogP contribution in [0.2, 0.25) is 0 Å². The Labute approximate surface area is 149 Å². The molecule has 3 rings (SSSR count). The summed E-state index contributed by atoms with van der Waals surface area (Å²) in [4.78, 5) is 38.7. The molecule has 1 aromatic rings. The van der Waals surface area contributed by atoms with Crippen molar-refractivity contribution in [1.82, 2.24) is 9.80 Å². The summed E-state index contributed by atoms with van der Waals surface area (Å²) in [6.07, 6.45) is 3.34. The lowest BCUT2D eigenvalue weighted by atomic mass is 10.0. The Morgan fingerprint density at radius 3 is 2.31 bits per heavy atom. The van der Waals surface area contributed by atoms with Crippen LogP contribution in [-0.4, -0.2) is 55.1 Å². The lowest BCUT2D eigenvalue weighted by Crippen LogP contribution is -2.48. The van der Waals surface area contributed by atoms with Crippen molar-refractivity contribution in [3.8, 4) is 5.75 Å². The number of imide groups is 1. The number of rotatable bonds is 4. The lowest BCUT2D eigenvalue weighted by molar-refractivity contribution is -0.140. The first-order valence-electron chi connectivity index (χ1n) is 7.83. The van der Waals surface area contributed by atoms with E-state index in [4.69, 9.17) is 0 Å². The minimum atomic E-state index is -5.17. The Bertz CT molecular complexity index is 872. The van der Waals surface area contributed by atoms with E-state index >= 15 is 0 Å². The number of piperidine rings is 1. The van der Waals surface area contributed by atoms with E-state index in [0.717, 1.165) is 6.07 Å². The maximum Gasteiger partial charge on any atom is 0.488 e. The van der Waals surface area contributed by atoms with Gasteiger partial charge in [0.2, 0.25) is 0 Å². The number of halogens is 1. The van der Waals surface area contributed by atoms with E-state index in [1.54, 1.807) is 0 Å². The third kappa shape index (κ3) is 3.90. The maximum atomic E-state index is 12.6. The predicted molar refractivity (Wildman–Crippen MR) is 87.0 cm³/mol. The monoisotopic (exact) mass is 382 g/mol. The smallest absolute Gasteiger partial charge is 0.358 e. The Morgan fingerprint density at radius 1 is 1.12 bits per heavy atom. The minimum absolute atomic E-state index is 0.152. The van der Waals surface area contributed by atoms with Crippen LogP contribution in [0.15, 0.2) is 36.4 Å². The van der Waals surface area contributed by atoms with Crippen LogP contribution in [0.4, 0.5) is 3.89 Å². The fraction of sp³-hybridized carbons (Fsp3) is 0.312. The van der Waals surface area contributed by atoms with Crippen molar-refractivity contribution in [2.45, 2.75) is 18.9 Å². The van der Waals surface area contributed by atoms with Crippen molar-refractivity contribution in [2.75, 3.05) is 13.1 Å². The summed E-state index contributed by atoms with van der Waals surface area (Å²) in [6, 6.07) is 4.94. The van der Waals surface area contributed by atoms with Gasteiger partial charge in [-0.25, -0.2) is 0 Å². The van der Waals surface area contributed by atoms with Crippen molar-refractivity contribution in [3.05, 3.63) is 42.0 Å². The van der Waals surface area contributed by atoms with Gasteiger partial charge in [-0.05, 0) is 31.0 Å². The van der Waals surface area contributed by atoms with Gasteiger partial charge in [0.15, 0.2) is 0 Å². The van der Waals surface area contributed by atoms with Gasteiger partial charge in [0, 0.05) is 36.8 Å². The standard InChI is InChI=1S/C16H15FN2O6S/c17-26(23,24)25-13-3-1-2-11(10-13)16(22)18-8-6-12(7-9-18)19-14(20)4-5-15(19)21/h1-5,10,12H,6-9H2. The first-order chi connectivity index (χ1) is 12.2. The van der Waals surface area contributed by atoms with Gasteiger partial charge in [-0.2, -0.15) is 8.42 Å². The zero-order chi connectivity index (χ0) is 18.9. The molecule has 0 bridgehead atoms. The van der Waals surface area contributed by atoms with E-state index in [2.05, 4.69) is 4.18 Å². The van der Waals surface area contributed by atoms with Crippen LogP contribution in [-0.2, 0) is 20.1 Å². The molecule has 0 unspecified atom stereocenters. The van der Waals surface area contributed by atoms with Gasteiger partial charge >= 0.3 is 10.5 Å². The van der Waals surface area contributed by atoms with Gasteiger partial charge < -0.3 is 9.08 Å². The number of amides is 3. The van der Waals surface area contributed by atoms with E-state index in [9.17, 15) is 26.7 Å². The van der Waals surface area contributed by atoms with Crippen LogP contribution in [0.25, 0.3) is 0 Å². The number of benzene rings is 1. The van der Waals surface area contributed by atoms with E-state index in [1.165, 1.54) is 40.2 Å². The predicted octanol–water partition coefficient (Wildman–Crippen LogP) is 0.809. The number of hydrogen-bond donors (Lipinski definition) is 0. The second kappa shape index (κ2) is 6.87. The fourth-order valence-electron chi connectivity index (χ4n) is 3.08. The van der Waals surface area contributed by atoms with Gasteiger partial charge in [-0.3, -0.25) is 19.3 Å². The molecule has 2 aliphatic rings. The summed E-state index contributed by atoms with van der Waals surface area (Å²) in [5, 5.41) is 0. The van der Waals surface area contributed by atoms with E-state index in [-0.39, 0.29) is 35.1 Å². The SMILES string of the molecule is O=C(c1cccc(OS(=O)(=O)F)c1)N1CCC(N2C(=O)C=CC2=O)CC1. The van der Waals surface area contributed by atoms with E-state index in [1.807, 2.05) is 0 Å². The molecule has 0 N–H and O–H groups in total. The fourth-order valence-corrected chi connectivity index (χ4v) is 3.41. The molecule has 138 valence electrons. The Kier molecular flexibility index (Phi) is 4.77. The molecule has 0 radical (unpaired) electrons. The number of likely N-dealkylation sites (tertiary alicyclic amines) is 1. The molecule has 0 atom stereocenters. The first-order valence-corrected chi connectivity index (χ1v) is 9.14. The number of nitrogens with zero attached hydrogens (tertiary/aromatic N) is 2. The van der Waals surface area contributed by atoms with Crippen LogP contribution in [0, 0.1) is 0 Å². The molecule has 1 saturated heterocycles. The molecule has 0 aromatic heterocycles. The second-order valence-electron chi connectivity index (χ2n) is 5.91. The number of carbonyl (C=O) groups is 3. The second-order valence-corrected chi connectivity index (χ2v) is 6.86. The quantitative estimate of drug-likeness (QED) is 0.564. The topological polar surface area (TPSA) is 101 Å². The average molecular weight is 382 g/mol. The van der Waals surface area contributed by atoms with Crippen molar-refractivity contribution in [2.24, 2.45) is 0 Å². The van der Waals surface area contributed by atoms with Gasteiger partial charge in [0.05, 0.1) is 0 Å². The third-order valence-corrected chi connectivity index (χ3v) is 4.63. The molecular formula is C16H15FN2O6S. The molecule has 1 aromatic carbocycles. The highest BCUT2D eigenvalue weighted by molar-refractivity contribution is 7.81. The van der Waals surface area contributed by atoms with Crippen LogP contribution < -0.4 is 4.18 Å². The average Bonchev–Trinajstić information content (AvgIpc) is 2.92. The largest absolute Gasteiger partial charge is 0.488 e. The third-order valence-electron chi connectivity index (χ3n) is 4.24. The molecule has 1 fully saturated rings. The zero-order valence-corrected chi connectivity index (χ0v) is 14.3. The molecular weight excluding hydrogens is 367 g/mol. The highest BCUT2D eigenvalue weighted by atomic mass is 32.3. The highest BCUT2D eigenvalue weighted by Gasteiger charge is 2.34. The normalized spacial score (nSPS) is 18.5. The molecule has 0 aliphatic carbocycles. The molecule has 10 heteroatoms. The van der Waals surface area contributed by atoms with Crippen LogP contribution in [0.3, 0.4) is 0 Å². The molecule has 2 heterocycles. The van der Waals surface area contributed by atoms with Crippen molar-refractivity contribution >= 4 is 28.2 Å². The molecule has 26 heavy (non-hydrogen) atoms. The summed E-state index contributed by atoms with van der Waals surface area (Å²) < 4.78 is 37.8. The Balaban J connectivity index is 1.65. The Morgan fingerprint density at radius 2 is 1.73 bits per heavy atom. The maximum absolute atomic E-state index is 12.6. The summed E-state index contributed by atoms with van der Waals surface area (Å²) >= 11 is 0. The summed E-state index contributed by atoms with van der Waals surface area (Å²) in [5.41, 5.74) is 0.152. The summed E-state index contributed by atoms with van der Waals surface area (Å²) in [6.45, 7) is 0.653. The molecule has 3 amide bonds. The Hall–Kier alpha value is -2.75. The van der Waals surface area contributed by atoms with Crippen molar-refractivity contribution < 1.29 is 30.9 Å². The number of hydrogen-bond acceptors (Lipinski definition) is 6. The highest BCUT2D eigenvalue weighted by Crippen LogP contribution is 2.23. The molecule has 0 saturated carbocycles. The van der Waals surface area contributed by atoms with Crippen molar-refractivity contribution in [1.29, 1.82) is 0 Å². The van der Waals surface area contributed by atoms with Gasteiger partial charge in [-0.1, -0.05) is 9.95 Å². The minimum Gasteiger partial charge on any atom is -0.358 e. The molecule has 2 aliphatic heterocycles. The van der Waals surface area contributed by atoms with Gasteiger partial charge in [0.25, 0.3) is 17.7 Å². The van der Waals surface area contributed by atoms with Crippen LogP contribution >= 0.6 is 0 Å². The molecule has 8 nitrogen and oxygen atoms in total. The van der Waals surface area contributed by atoms with Gasteiger partial charge in [0.1, 0.15) is 5.75 Å². The lowest BCUT2D eigenvalue weighted by Gasteiger charge is -2.35. The van der Waals surface area contributed by atoms with Crippen molar-refractivity contribution in [3.63, 3.8) is 0 Å². The first kappa shape index (κ1) is 18.1. The van der Waals surface area contributed by atoms with Gasteiger partial charge in [-0.15, -0.1) is 0 Å². The van der Waals surface area contributed by atoms with Crippen LogP contribution in [0.1, 0.15) is 23.2 Å². The molecule has 0 spiro atoms. The summed E-state index contributed by atoms with van der Waals surface area (Å²) in [5.74, 6) is -1.37. The number of carbonyl (C=O) groups excluding carboxylic acids is 3.